The molecule has 0 saturated heterocycles. The minimum absolute atomic E-state index is 0.855. The summed E-state index contributed by atoms with van der Waals surface area (Å²) in [4.78, 5) is 0. The molecule has 2 aromatic rings. The van der Waals surface area contributed by atoms with Crippen molar-refractivity contribution >= 4 is 11.3 Å². The maximum Gasteiger partial charge on any atom is 0.151 e. The average molecular weight is 305 g/mol. The Morgan fingerprint density at radius 1 is 1.24 bits per heavy atom. The van der Waals surface area contributed by atoms with E-state index in [-0.39, 0.29) is 0 Å². The predicted octanol–water partition coefficient (Wildman–Crippen LogP) is 3.45. The molecule has 1 heterocycles. The Balaban J connectivity index is 2.01. The molecule has 0 aliphatic heterocycles. The summed E-state index contributed by atoms with van der Waals surface area (Å²) in [7, 11) is 1.69. The first-order chi connectivity index (χ1) is 10.2. The van der Waals surface area contributed by atoms with E-state index in [2.05, 4.69) is 35.4 Å². The highest BCUT2D eigenvalue weighted by Crippen LogP contribution is 2.33. The van der Waals surface area contributed by atoms with E-state index in [0.717, 1.165) is 47.3 Å². The first-order valence-corrected chi connectivity index (χ1v) is 8.24. The maximum atomic E-state index is 5.42. The number of rotatable bonds is 8. The molecular weight excluding hydrogens is 282 g/mol. The largest absolute Gasteiger partial charge is 0.496 e. The van der Waals surface area contributed by atoms with Crippen LogP contribution in [-0.4, -0.2) is 30.4 Å². The Morgan fingerprint density at radius 2 is 2.10 bits per heavy atom. The maximum absolute atomic E-state index is 5.42. The second kappa shape index (κ2) is 8.10. The van der Waals surface area contributed by atoms with Crippen LogP contribution in [0.2, 0.25) is 0 Å². The van der Waals surface area contributed by atoms with E-state index in [9.17, 15) is 0 Å². The second-order valence-electron chi connectivity index (χ2n) is 5.06. The molecule has 2 rings (SSSR count). The average Bonchev–Trinajstić information content (AvgIpc) is 2.96. The summed E-state index contributed by atoms with van der Waals surface area (Å²) in [6.45, 7) is 6.38. The van der Waals surface area contributed by atoms with Crippen molar-refractivity contribution in [3.05, 3.63) is 28.8 Å². The molecule has 0 amide bonds. The van der Waals surface area contributed by atoms with E-state index in [4.69, 9.17) is 4.74 Å². The van der Waals surface area contributed by atoms with Gasteiger partial charge in [-0.1, -0.05) is 29.9 Å². The number of aryl methyl sites for hydroxylation is 2. The molecule has 0 fully saturated rings. The fraction of sp³-hybridized carbons (Fsp3) is 0.500. The van der Waals surface area contributed by atoms with Crippen LogP contribution >= 0.6 is 11.3 Å². The Morgan fingerprint density at radius 3 is 2.86 bits per heavy atom. The van der Waals surface area contributed by atoms with E-state index in [1.807, 2.05) is 12.1 Å². The highest BCUT2D eigenvalue weighted by molar-refractivity contribution is 7.14. The molecule has 1 aromatic heterocycles. The van der Waals surface area contributed by atoms with Gasteiger partial charge in [0.25, 0.3) is 0 Å². The smallest absolute Gasteiger partial charge is 0.151 e. The fourth-order valence-electron chi connectivity index (χ4n) is 2.12. The van der Waals surface area contributed by atoms with E-state index in [1.165, 1.54) is 12.0 Å². The predicted molar refractivity (Wildman–Crippen MR) is 88.1 cm³/mol. The Labute approximate surface area is 130 Å². The third kappa shape index (κ3) is 4.51. The third-order valence-electron chi connectivity index (χ3n) is 3.22. The molecule has 0 unspecified atom stereocenters. The summed E-state index contributed by atoms with van der Waals surface area (Å²) in [6, 6.07) is 6.13. The van der Waals surface area contributed by atoms with Crippen molar-refractivity contribution < 1.29 is 4.74 Å². The molecule has 21 heavy (non-hydrogen) atoms. The van der Waals surface area contributed by atoms with Crippen molar-refractivity contribution in [3.8, 4) is 16.3 Å². The van der Waals surface area contributed by atoms with Gasteiger partial charge in [-0.15, -0.1) is 10.2 Å². The van der Waals surface area contributed by atoms with Crippen LogP contribution in [0.15, 0.2) is 18.2 Å². The van der Waals surface area contributed by atoms with E-state index >= 15 is 0 Å². The molecule has 0 spiro atoms. The third-order valence-corrected chi connectivity index (χ3v) is 4.24. The molecule has 0 bridgehead atoms. The van der Waals surface area contributed by atoms with Crippen LogP contribution in [0.5, 0.6) is 5.75 Å². The number of methoxy groups -OCH3 is 1. The zero-order valence-electron chi connectivity index (χ0n) is 13.0. The molecule has 0 atom stereocenters. The minimum atomic E-state index is 0.855. The number of benzene rings is 1. The molecule has 0 radical (unpaired) electrons. The fourth-order valence-corrected chi connectivity index (χ4v) is 3.02. The van der Waals surface area contributed by atoms with Crippen LogP contribution in [0.25, 0.3) is 10.6 Å². The highest BCUT2D eigenvalue weighted by Gasteiger charge is 2.11. The van der Waals surface area contributed by atoms with Crippen LogP contribution < -0.4 is 10.1 Å². The van der Waals surface area contributed by atoms with Gasteiger partial charge in [0, 0.05) is 6.42 Å². The molecule has 1 N–H and O–H groups in total. The van der Waals surface area contributed by atoms with Gasteiger partial charge in [-0.3, -0.25) is 0 Å². The van der Waals surface area contributed by atoms with Gasteiger partial charge in [0.2, 0.25) is 0 Å². The summed E-state index contributed by atoms with van der Waals surface area (Å²) < 4.78 is 5.42. The summed E-state index contributed by atoms with van der Waals surface area (Å²) in [5.74, 6) is 0.855. The SMILES string of the molecule is CCCNCCCc1nnc(-c2cc(C)ccc2OC)s1. The van der Waals surface area contributed by atoms with Crippen LogP contribution in [0.1, 0.15) is 30.3 Å². The summed E-state index contributed by atoms with van der Waals surface area (Å²) in [5, 5.41) is 14.1. The lowest BCUT2D eigenvalue weighted by Crippen LogP contribution is -2.16. The molecule has 0 aliphatic rings. The molecule has 114 valence electrons. The van der Waals surface area contributed by atoms with Crippen LogP contribution in [0.3, 0.4) is 0 Å². The van der Waals surface area contributed by atoms with Crippen molar-refractivity contribution in [3.63, 3.8) is 0 Å². The van der Waals surface area contributed by atoms with Gasteiger partial charge in [-0.2, -0.15) is 0 Å². The first kappa shape index (κ1) is 15.9. The lowest BCUT2D eigenvalue weighted by Gasteiger charge is -2.06. The molecular formula is C16H23N3OS. The number of nitrogens with zero attached hydrogens (tertiary/aromatic N) is 2. The van der Waals surface area contributed by atoms with Gasteiger partial charge in [-0.05, 0) is 45.0 Å². The first-order valence-electron chi connectivity index (χ1n) is 7.42. The van der Waals surface area contributed by atoms with Crippen LogP contribution in [0, 0.1) is 6.92 Å². The quantitative estimate of drug-likeness (QED) is 0.759. The Bertz CT molecular complexity index is 568. The number of hydrogen-bond donors (Lipinski definition) is 1. The zero-order valence-corrected chi connectivity index (χ0v) is 13.8. The molecule has 1 aromatic carbocycles. The van der Waals surface area contributed by atoms with Crippen LogP contribution in [0.4, 0.5) is 0 Å². The standard InChI is InChI=1S/C16H23N3OS/c1-4-9-17-10-5-6-15-18-19-16(21-15)13-11-12(2)7-8-14(13)20-3/h7-8,11,17H,4-6,9-10H2,1-3H3. The van der Waals surface area contributed by atoms with Gasteiger partial charge < -0.3 is 10.1 Å². The molecule has 0 saturated carbocycles. The zero-order chi connectivity index (χ0) is 15.1. The minimum Gasteiger partial charge on any atom is -0.496 e. The topological polar surface area (TPSA) is 47.0 Å². The van der Waals surface area contributed by atoms with E-state index < -0.39 is 0 Å². The van der Waals surface area contributed by atoms with Gasteiger partial charge in [-0.25, -0.2) is 0 Å². The Hall–Kier alpha value is -1.46. The normalized spacial score (nSPS) is 10.8. The van der Waals surface area contributed by atoms with Gasteiger partial charge in [0.05, 0.1) is 12.7 Å². The van der Waals surface area contributed by atoms with Crippen molar-refractivity contribution in [2.45, 2.75) is 33.1 Å². The van der Waals surface area contributed by atoms with Crippen molar-refractivity contribution in [2.24, 2.45) is 0 Å². The van der Waals surface area contributed by atoms with E-state index in [1.54, 1.807) is 18.4 Å². The lowest BCUT2D eigenvalue weighted by molar-refractivity contribution is 0.416. The summed E-state index contributed by atoms with van der Waals surface area (Å²) in [6.07, 6.45) is 3.25. The van der Waals surface area contributed by atoms with Gasteiger partial charge >= 0.3 is 0 Å². The van der Waals surface area contributed by atoms with Crippen molar-refractivity contribution in [2.75, 3.05) is 20.2 Å². The lowest BCUT2D eigenvalue weighted by atomic mass is 10.1. The van der Waals surface area contributed by atoms with Gasteiger partial charge in [0.1, 0.15) is 10.8 Å². The van der Waals surface area contributed by atoms with Crippen LogP contribution in [-0.2, 0) is 6.42 Å². The number of nitrogens with one attached hydrogen (secondary N) is 1. The summed E-state index contributed by atoms with van der Waals surface area (Å²) >= 11 is 1.66. The highest BCUT2D eigenvalue weighted by atomic mass is 32.1. The number of aromatic nitrogens is 2. The van der Waals surface area contributed by atoms with Crippen molar-refractivity contribution in [1.82, 2.24) is 15.5 Å². The van der Waals surface area contributed by atoms with Crippen molar-refractivity contribution in [1.29, 1.82) is 0 Å². The second-order valence-corrected chi connectivity index (χ2v) is 6.12. The monoisotopic (exact) mass is 305 g/mol. The van der Waals surface area contributed by atoms with Gasteiger partial charge in [0.15, 0.2) is 5.01 Å². The number of hydrogen-bond acceptors (Lipinski definition) is 5. The molecule has 0 aliphatic carbocycles. The molecule has 5 heteroatoms. The Kier molecular flexibility index (Phi) is 6.14. The number of ether oxygens (including phenoxy) is 1. The molecule has 4 nitrogen and oxygen atoms in total. The summed E-state index contributed by atoms with van der Waals surface area (Å²) in [5.41, 5.74) is 2.23. The van der Waals surface area contributed by atoms with E-state index in [0.29, 0.717) is 0 Å².